The van der Waals surface area contributed by atoms with Crippen molar-refractivity contribution in [2.24, 2.45) is 0 Å². The lowest BCUT2D eigenvalue weighted by molar-refractivity contribution is 0.414. The Morgan fingerprint density at radius 3 is 2.25 bits per heavy atom. The number of hydrogen-bond acceptors (Lipinski definition) is 5. The topological polar surface area (TPSA) is 43.4 Å². The van der Waals surface area contributed by atoms with Crippen molar-refractivity contribution in [2.45, 2.75) is 12.7 Å². The molecule has 24 heavy (non-hydrogen) atoms. The van der Waals surface area contributed by atoms with Gasteiger partial charge in [-0.1, -0.05) is 47.2 Å². The largest absolute Gasteiger partial charge is 0.497 e. The van der Waals surface area contributed by atoms with Crippen molar-refractivity contribution in [3.8, 4) is 16.9 Å². The molecule has 3 rings (SSSR count). The van der Waals surface area contributed by atoms with E-state index in [1.54, 1.807) is 20.1 Å². The summed E-state index contributed by atoms with van der Waals surface area (Å²) in [6.07, 6.45) is 2.85. The van der Waals surface area contributed by atoms with Crippen LogP contribution in [-0.4, -0.2) is 21.8 Å². The van der Waals surface area contributed by atoms with E-state index >= 15 is 0 Å². The summed E-state index contributed by atoms with van der Waals surface area (Å²) in [5, 5.41) is 0. The highest BCUT2D eigenvalue weighted by Crippen LogP contribution is 2.36. The minimum atomic E-state index is -3.10. The van der Waals surface area contributed by atoms with Crippen molar-refractivity contribution in [2.75, 3.05) is 13.4 Å². The summed E-state index contributed by atoms with van der Waals surface area (Å²) in [4.78, 5) is 0. The molecular weight excluding hydrogens is 360 g/mol. The van der Waals surface area contributed by atoms with E-state index in [0.717, 1.165) is 17.1 Å². The number of ether oxygens (including phenoxy) is 1. The molecule has 0 atom stereocenters. The fourth-order valence-corrected chi connectivity index (χ4v) is 6.19. The standard InChI is InChI=1S/C12H16O3S3.C6H4/c1-4-12(18(3,13)14)17-16-9-10-6-5-7-11(8-10)15-2;1-2-5-4-6(5)3-1/h4-8H,9H2,1-3H3;1-4H. The molecule has 0 saturated carbocycles. The zero-order valence-electron chi connectivity index (χ0n) is 13.9. The van der Waals surface area contributed by atoms with E-state index in [1.165, 1.54) is 39.0 Å². The molecule has 0 fully saturated rings. The molecular formula is C18H20O3S3. The van der Waals surface area contributed by atoms with Crippen LogP contribution in [0.5, 0.6) is 5.75 Å². The molecule has 0 N–H and O–H groups in total. The van der Waals surface area contributed by atoms with Crippen LogP contribution in [0.2, 0.25) is 0 Å². The van der Waals surface area contributed by atoms with Gasteiger partial charge in [-0.25, -0.2) is 8.42 Å². The van der Waals surface area contributed by atoms with Gasteiger partial charge in [0.1, 0.15) is 9.99 Å². The van der Waals surface area contributed by atoms with Crippen molar-refractivity contribution < 1.29 is 13.2 Å². The minimum Gasteiger partial charge on any atom is -0.497 e. The number of sulfone groups is 1. The molecule has 1 aromatic rings. The molecule has 0 saturated heterocycles. The van der Waals surface area contributed by atoms with E-state index in [4.69, 9.17) is 4.74 Å². The predicted molar refractivity (Wildman–Crippen MR) is 106 cm³/mol. The molecule has 3 nitrogen and oxygen atoms in total. The number of benzene rings is 2. The predicted octanol–water partition coefficient (Wildman–Crippen LogP) is 5.15. The van der Waals surface area contributed by atoms with Crippen molar-refractivity contribution in [3.05, 3.63) is 64.4 Å². The third-order valence-electron chi connectivity index (χ3n) is 3.21. The second kappa shape index (κ2) is 8.65. The van der Waals surface area contributed by atoms with Gasteiger partial charge in [-0.15, -0.1) is 0 Å². The molecule has 0 heterocycles. The van der Waals surface area contributed by atoms with Crippen LogP contribution in [0.4, 0.5) is 0 Å². The number of rotatable bonds is 6. The van der Waals surface area contributed by atoms with E-state index in [-0.39, 0.29) is 0 Å². The molecule has 128 valence electrons. The van der Waals surface area contributed by atoms with Gasteiger partial charge in [-0.3, -0.25) is 0 Å². The monoisotopic (exact) mass is 380 g/mol. The van der Waals surface area contributed by atoms with E-state index in [9.17, 15) is 8.42 Å². The van der Waals surface area contributed by atoms with Crippen LogP contribution >= 0.6 is 21.6 Å². The highest BCUT2D eigenvalue weighted by molar-refractivity contribution is 8.79. The highest BCUT2D eigenvalue weighted by Gasteiger charge is 2.11. The summed E-state index contributed by atoms with van der Waals surface area (Å²) in [7, 11) is 1.31. The molecule has 0 spiro atoms. The van der Waals surface area contributed by atoms with Gasteiger partial charge < -0.3 is 4.74 Å². The molecule has 0 radical (unpaired) electrons. The third-order valence-corrected chi connectivity index (χ3v) is 7.87. The van der Waals surface area contributed by atoms with Crippen molar-refractivity contribution in [3.63, 3.8) is 0 Å². The summed E-state index contributed by atoms with van der Waals surface area (Å²) in [6, 6.07) is 16.2. The number of methoxy groups -OCH3 is 1. The van der Waals surface area contributed by atoms with Gasteiger partial charge >= 0.3 is 0 Å². The highest BCUT2D eigenvalue weighted by atomic mass is 33.1. The second-order valence-electron chi connectivity index (χ2n) is 5.16. The zero-order chi connectivity index (χ0) is 17.6. The SMILES string of the molecule is CC=C(SSCc1cccc(OC)c1)S(C)(=O)=O.c1cc2cc-2c1. The fraction of sp³-hybridized carbons (Fsp3) is 0.222. The molecule has 0 bridgehead atoms. The van der Waals surface area contributed by atoms with Gasteiger partial charge in [0.25, 0.3) is 0 Å². The van der Waals surface area contributed by atoms with Gasteiger partial charge in [0.05, 0.1) is 7.11 Å². The molecule has 0 unspecified atom stereocenters. The summed E-state index contributed by atoms with van der Waals surface area (Å²) in [5.74, 6) is 1.54. The number of allylic oxidation sites excluding steroid dienone is 1. The van der Waals surface area contributed by atoms with Crippen LogP contribution in [-0.2, 0) is 15.6 Å². The van der Waals surface area contributed by atoms with E-state index < -0.39 is 9.84 Å². The quantitative estimate of drug-likeness (QED) is 0.553. The van der Waals surface area contributed by atoms with Gasteiger partial charge in [0, 0.05) is 12.0 Å². The van der Waals surface area contributed by atoms with Gasteiger partial charge in [-0.2, -0.15) is 0 Å². The summed E-state index contributed by atoms with van der Waals surface area (Å²) >= 11 is 0. The lowest BCUT2D eigenvalue weighted by atomic mass is 10.2. The first-order chi connectivity index (χ1) is 11.4. The van der Waals surface area contributed by atoms with E-state index in [2.05, 4.69) is 24.3 Å². The first-order valence-electron chi connectivity index (χ1n) is 7.33. The van der Waals surface area contributed by atoms with Gasteiger partial charge in [-0.05, 0) is 52.6 Å². The smallest absolute Gasteiger partial charge is 0.181 e. The van der Waals surface area contributed by atoms with Crippen molar-refractivity contribution in [1.29, 1.82) is 0 Å². The Kier molecular flexibility index (Phi) is 6.83. The Morgan fingerprint density at radius 1 is 1.12 bits per heavy atom. The molecule has 0 aromatic heterocycles. The maximum Gasteiger partial charge on any atom is 0.181 e. The van der Waals surface area contributed by atoms with Crippen molar-refractivity contribution in [1.82, 2.24) is 0 Å². The number of hydrogen-bond donors (Lipinski definition) is 0. The molecule has 2 aliphatic rings. The lowest BCUT2D eigenvalue weighted by Crippen LogP contribution is -1.95. The minimum absolute atomic E-state index is 0.399. The Bertz CT molecular complexity index is 810. The van der Waals surface area contributed by atoms with Crippen LogP contribution in [0.1, 0.15) is 12.5 Å². The third kappa shape index (κ3) is 5.92. The zero-order valence-corrected chi connectivity index (χ0v) is 16.3. The number of fused-ring (bicyclic) bond motifs is 1. The lowest BCUT2D eigenvalue weighted by Gasteiger charge is -2.05. The van der Waals surface area contributed by atoms with Gasteiger partial charge in [0.2, 0.25) is 0 Å². The maximum atomic E-state index is 11.4. The van der Waals surface area contributed by atoms with E-state index in [0.29, 0.717) is 4.24 Å². The Morgan fingerprint density at radius 2 is 1.79 bits per heavy atom. The fourth-order valence-electron chi connectivity index (χ4n) is 1.92. The van der Waals surface area contributed by atoms with Crippen LogP contribution in [0, 0.1) is 0 Å². The van der Waals surface area contributed by atoms with Crippen LogP contribution in [0.15, 0.2) is 58.8 Å². The average molecular weight is 381 g/mol. The normalized spacial score (nSPS) is 12.2. The summed E-state index contributed by atoms with van der Waals surface area (Å²) < 4.78 is 28.3. The molecule has 0 amide bonds. The summed E-state index contributed by atoms with van der Waals surface area (Å²) in [5.41, 5.74) is 3.96. The van der Waals surface area contributed by atoms with Crippen LogP contribution in [0.25, 0.3) is 11.1 Å². The van der Waals surface area contributed by atoms with Gasteiger partial charge in [0.15, 0.2) is 9.84 Å². The van der Waals surface area contributed by atoms with E-state index in [1.807, 2.05) is 24.3 Å². The maximum absolute atomic E-state index is 11.4. The Labute approximate surface area is 151 Å². The van der Waals surface area contributed by atoms with Crippen LogP contribution in [0.3, 0.4) is 0 Å². The first kappa shape index (κ1) is 19.0. The molecule has 1 aromatic carbocycles. The average Bonchev–Trinajstić information content (AvgIpc) is 3.16. The second-order valence-corrected chi connectivity index (χ2v) is 9.74. The summed E-state index contributed by atoms with van der Waals surface area (Å²) in [6.45, 7) is 1.73. The molecule has 6 heteroatoms. The Balaban J connectivity index is 0.000000282. The first-order valence-corrected chi connectivity index (χ1v) is 11.5. The molecule has 0 aliphatic heterocycles. The molecule has 2 aliphatic carbocycles. The van der Waals surface area contributed by atoms with Crippen LogP contribution < -0.4 is 4.74 Å². The van der Waals surface area contributed by atoms with Crippen molar-refractivity contribution >= 4 is 31.4 Å². The Hall–Kier alpha value is -1.37.